The van der Waals surface area contributed by atoms with Crippen molar-refractivity contribution < 1.29 is 13.2 Å². The van der Waals surface area contributed by atoms with E-state index in [4.69, 9.17) is 0 Å². The molecule has 1 heterocycles. The van der Waals surface area contributed by atoms with Gasteiger partial charge < -0.3 is 0 Å². The van der Waals surface area contributed by atoms with Gasteiger partial charge in [0, 0.05) is 21.6 Å². The van der Waals surface area contributed by atoms with Gasteiger partial charge in [-0.3, -0.25) is 0 Å². The van der Waals surface area contributed by atoms with Crippen molar-refractivity contribution in [2.75, 3.05) is 0 Å². The molecule has 0 N–H and O–H groups in total. The number of hydrogen-bond donors (Lipinski definition) is 0. The minimum Gasteiger partial charge on any atom is -0.240 e. The van der Waals surface area contributed by atoms with Crippen LogP contribution < -0.4 is 0 Å². The normalized spacial score (nSPS) is 11.7. The molecule has 130 valence electrons. The SMILES string of the molecule is CCc1ccccc1SCc1csc(-c2ccc(C(F)(F)F)cc2)n1. The summed E-state index contributed by atoms with van der Waals surface area (Å²) in [6.07, 6.45) is -3.33. The summed E-state index contributed by atoms with van der Waals surface area (Å²) in [6.45, 7) is 2.13. The zero-order valence-corrected chi connectivity index (χ0v) is 15.1. The Labute approximate surface area is 152 Å². The van der Waals surface area contributed by atoms with Gasteiger partial charge in [-0.1, -0.05) is 37.3 Å². The Morgan fingerprint density at radius 1 is 1.04 bits per heavy atom. The molecule has 0 aliphatic heterocycles. The molecule has 6 heteroatoms. The summed E-state index contributed by atoms with van der Waals surface area (Å²) >= 11 is 3.19. The highest BCUT2D eigenvalue weighted by atomic mass is 32.2. The fourth-order valence-corrected chi connectivity index (χ4v) is 4.35. The lowest BCUT2D eigenvalue weighted by Gasteiger charge is -2.06. The molecule has 0 saturated heterocycles. The molecule has 0 unspecified atom stereocenters. The standard InChI is InChI=1S/C19H16F3NS2/c1-2-13-5-3-4-6-17(13)24-11-16-12-25-18(23-16)14-7-9-15(10-8-14)19(20,21)22/h3-10,12H,2,11H2,1H3. The lowest BCUT2D eigenvalue weighted by Crippen LogP contribution is -2.03. The van der Waals surface area contributed by atoms with Crippen molar-refractivity contribution in [3.8, 4) is 10.6 Å². The summed E-state index contributed by atoms with van der Waals surface area (Å²) in [5.41, 5.74) is 2.32. The van der Waals surface area contributed by atoms with E-state index in [1.165, 1.54) is 33.9 Å². The molecule has 1 aromatic heterocycles. The van der Waals surface area contributed by atoms with Crippen molar-refractivity contribution in [2.45, 2.75) is 30.2 Å². The van der Waals surface area contributed by atoms with Crippen molar-refractivity contribution in [1.29, 1.82) is 0 Å². The second-order valence-corrected chi connectivity index (χ2v) is 7.34. The van der Waals surface area contributed by atoms with Crippen molar-refractivity contribution in [3.63, 3.8) is 0 Å². The van der Waals surface area contributed by atoms with Gasteiger partial charge in [-0.05, 0) is 30.2 Å². The third-order valence-corrected chi connectivity index (χ3v) is 5.83. The van der Waals surface area contributed by atoms with Crippen LogP contribution in [0.2, 0.25) is 0 Å². The maximum Gasteiger partial charge on any atom is 0.416 e. The third kappa shape index (κ3) is 4.44. The van der Waals surface area contributed by atoms with Crippen LogP contribution in [0, 0.1) is 0 Å². The Bertz CT molecular complexity index is 838. The summed E-state index contributed by atoms with van der Waals surface area (Å²) in [4.78, 5) is 5.80. The molecule has 1 nitrogen and oxygen atoms in total. The van der Waals surface area contributed by atoms with E-state index in [-0.39, 0.29) is 0 Å². The molecule has 0 bridgehead atoms. The lowest BCUT2D eigenvalue weighted by atomic mass is 10.1. The number of halogens is 3. The van der Waals surface area contributed by atoms with Crippen molar-refractivity contribution in [2.24, 2.45) is 0 Å². The highest BCUT2D eigenvalue weighted by Gasteiger charge is 2.30. The molecular formula is C19H16F3NS2. The van der Waals surface area contributed by atoms with Gasteiger partial charge in [-0.25, -0.2) is 4.98 Å². The van der Waals surface area contributed by atoms with Crippen LogP contribution in [0.4, 0.5) is 13.2 Å². The summed E-state index contributed by atoms with van der Waals surface area (Å²) in [7, 11) is 0. The number of benzene rings is 2. The molecule has 3 aromatic rings. The van der Waals surface area contributed by atoms with Gasteiger partial charge in [0.2, 0.25) is 0 Å². The van der Waals surface area contributed by atoms with Gasteiger partial charge in [-0.15, -0.1) is 23.1 Å². The van der Waals surface area contributed by atoms with Gasteiger partial charge in [0.25, 0.3) is 0 Å². The predicted octanol–water partition coefficient (Wildman–Crippen LogP) is 6.68. The zero-order valence-electron chi connectivity index (χ0n) is 13.5. The molecular weight excluding hydrogens is 363 g/mol. The molecule has 0 radical (unpaired) electrons. The van der Waals surface area contributed by atoms with E-state index in [0.29, 0.717) is 5.56 Å². The van der Waals surface area contributed by atoms with Crippen LogP contribution in [0.25, 0.3) is 10.6 Å². The number of aryl methyl sites for hydroxylation is 1. The van der Waals surface area contributed by atoms with Gasteiger partial charge >= 0.3 is 6.18 Å². The van der Waals surface area contributed by atoms with Gasteiger partial charge in [0.05, 0.1) is 11.3 Å². The average molecular weight is 379 g/mol. The predicted molar refractivity (Wildman–Crippen MR) is 97.9 cm³/mol. The van der Waals surface area contributed by atoms with E-state index in [2.05, 4.69) is 24.0 Å². The van der Waals surface area contributed by atoms with Crippen LogP contribution in [0.3, 0.4) is 0 Å². The first kappa shape index (κ1) is 18.0. The van der Waals surface area contributed by atoms with Crippen LogP contribution >= 0.6 is 23.1 Å². The highest BCUT2D eigenvalue weighted by molar-refractivity contribution is 7.98. The molecule has 0 atom stereocenters. The van der Waals surface area contributed by atoms with E-state index >= 15 is 0 Å². The second-order valence-electron chi connectivity index (χ2n) is 5.47. The summed E-state index contributed by atoms with van der Waals surface area (Å²) in [5, 5.41) is 2.71. The molecule has 0 fully saturated rings. The zero-order chi connectivity index (χ0) is 17.9. The number of alkyl halides is 3. The molecule has 0 aliphatic rings. The summed E-state index contributed by atoms with van der Waals surface area (Å²) < 4.78 is 37.9. The maximum absolute atomic E-state index is 12.6. The number of thioether (sulfide) groups is 1. The average Bonchev–Trinajstić information content (AvgIpc) is 3.08. The molecule has 0 saturated carbocycles. The first-order valence-electron chi connectivity index (χ1n) is 7.80. The number of rotatable bonds is 5. The van der Waals surface area contributed by atoms with E-state index in [9.17, 15) is 13.2 Å². The number of nitrogens with zero attached hydrogens (tertiary/aromatic N) is 1. The Morgan fingerprint density at radius 3 is 2.44 bits per heavy atom. The Balaban J connectivity index is 1.70. The van der Waals surface area contributed by atoms with Gasteiger partial charge in [-0.2, -0.15) is 13.2 Å². The highest BCUT2D eigenvalue weighted by Crippen LogP contribution is 2.33. The van der Waals surface area contributed by atoms with Crippen molar-refractivity contribution in [1.82, 2.24) is 4.98 Å². The topological polar surface area (TPSA) is 12.9 Å². The van der Waals surface area contributed by atoms with E-state index in [0.717, 1.165) is 35.0 Å². The smallest absolute Gasteiger partial charge is 0.240 e. The third-order valence-electron chi connectivity index (χ3n) is 3.74. The van der Waals surface area contributed by atoms with Gasteiger partial charge in [0.1, 0.15) is 5.01 Å². The Kier molecular flexibility index (Phi) is 5.49. The molecule has 25 heavy (non-hydrogen) atoms. The molecule has 3 rings (SSSR count). The largest absolute Gasteiger partial charge is 0.416 e. The quantitative estimate of drug-likeness (QED) is 0.458. The van der Waals surface area contributed by atoms with Crippen LogP contribution in [-0.4, -0.2) is 4.98 Å². The van der Waals surface area contributed by atoms with E-state index in [1.807, 2.05) is 17.5 Å². The first-order valence-corrected chi connectivity index (χ1v) is 9.66. The van der Waals surface area contributed by atoms with Gasteiger partial charge in [0.15, 0.2) is 0 Å². The van der Waals surface area contributed by atoms with Crippen LogP contribution in [0.1, 0.15) is 23.7 Å². The summed E-state index contributed by atoms with van der Waals surface area (Å²) in [6, 6.07) is 13.4. The molecule has 0 spiro atoms. The monoisotopic (exact) mass is 379 g/mol. The number of hydrogen-bond acceptors (Lipinski definition) is 3. The Hall–Kier alpha value is -1.79. The Morgan fingerprint density at radius 2 is 1.76 bits per heavy atom. The lowest BCUT2D eigenvalue weighted by molar-refractivity contribution is -0.137. The number of aromatic nitrogens is 1. The second kappa shape index (κ2) is 7.62. The van der Waals surface area contributed by atoms with E-state index < -0.39 is 11.7 Å². The summed E-state index contributed by atoms with van der Waals surface area (Å²) in [5.74, 6) is 0.744. The minimum absolute atomic E-state index is 0.639. The molecule has 0 aliphatic carbocycles. The maximum atomic E-state index is 12.6. The fourth-order valence-electron chi connectivity index (χ4n) is 2.40. The molecule has 2 aromatic carbocycles. The van der Waals surface area contributed by atoms with Crippen molar-refractivity contribution in [3.05, 3.63) is 70.7 Å². The van der Waals surface area contributed by atoms with Crippen LogP contribution in [0.15, 0.2) is 58.8 Å². The molecule has 0 amide bonds. The van der Waals surface area contributed by atoms with Crippen LogP contribution in [-0.2, 0) is 18.3 Å². The minimum atomic E-state index is -4.31. The number of thiazole rings is 1. The van der Waals surface area contributed by atoms with Crippen molar-refractivity contribution >= 4 is 23.1 Å². The fraction of sp³-hybridized carbons (Fsp3) is 0.211. The van der Waals surface area contributed by atoms with Crippen LogP contribution in [0.5, 0.6) is 0 Å². The van der Waals surface area contributed by atoms with E-state index in [1.54, 1.807) is 11.8 Å². The first-order chi connectivity index (χ1) is 12.0.